The highest BCUT2D eigenvalue weighted by Crippen LogP contribution is 2.39. The monoisotopic (exact) mass is 661 g/mol. The zero-order valence-corrected chi connectivity index (χ0v) is 27.5. The highest BCUT2D eigenvalue weighted by molar-refractivity contribution is 7.89. The van der Waals surface area contributed by atoms with Crippen LogP contribution < -0.4 is 20.5 Å². The lowest BCUT2D eigenvalue weighted by atomic mass is 9.87. The van der Waals surface area contributed by atoms with Crippen molar-refractivity contribution >= 4 is 16.1 Å². The van der Waals surface area contributed by atoms with Gasteiger partial charge >= 0.3 is 6.09 Å². The van der Waals surface area contributed by atoms with Crippen LogP contribution in [0.15, 0.2) is 53.4 Å². The number of alkyl carbamates (subject to hydrolysis) is 1. The van der Waals surface area contributed by atoms with E-state index in [-0.39, 0.29) is 55.6 Å². The van der Waals surface area contributed by atoms with Crippen molar-refractivity contribution in [3.05, 3.63) is 54.1 Å². The van der Waals surface area contributed by atoms with E-state index in [2.05, 4.69) is 5.32 Å². The molecule has 5 atom stereocenters. The summed E-state index contributed by atoms with van der Waals surface area (Å²) in [5.74, 6) is 0.463. The number of rotatable bonds is 15. The molecule has 13 heteroatoms. The van der Waals surface area contributed by atoms with Gasteiger partial charge in [0.05, 0.1) is 31.3 Å². The highest BCUT2D eigenvalue weighted by Gasteiger charge is 2.44. The number of carbonyl (C=O) groups is 1. The molecule has 46 heavy (non-hydrogen) atoms. The minimum absolute atomic E-state index is 0.0313. The zero-order chi connectivity index (χ0) is 32.7. The molecule has 2 aromatic carbocycles. The molecule has 4 N–H and O–H groups in total. The molecule has 1 amide bonds. The van der Waals surface area contributed by atoms with E-state index in [0.29, 0.717) is 25.5 Å². The Morgan fingerprint density at radius 1 is 1.09 bits per heavy atom. The molecule has 0 unspecified atom stereocenters. The summed E-state index contributed by atoms with van der Waals surface area (Å²) in [6, 6.07) is 13.3. The first-order chi connectivity index (χ1) is 22.1. The molecule has 5 rings (SSSR count). The average Bonchev–Trinajstić information content (AvgIpc) is 3.66. The van der Waals surface area contributed by atoms with Gasteiger partial charge in [-0.05, 0) is 55.3 Å². The van der Waals surface area contributed by atoms with E-state index in [1.54, 1.807) is 12.1 Å². The summed E-state index contributed by atoms with van der Waals surface area (Å²) >= 11 is 0. The Bertz CT molecular complexity index is 1410. The van der Waals surface area contributed by atoms with Crippen LogP contribution in [0.2, 0.25) is 0 Å². The van der Waals surface area contributed by atoms with Gasteiger partial charge in [0, 0.05) is 13.1 Å². The van der Waals surface area contributed by atoms with E-state index in [9.17, 15) is 18.3 Å². The van der Waals surface area contributed by atoms with Crippen molar-refractivity contribution in [3.8, 4) is 11.5 Å². The third kappa shape index (κ3) is 8.50. The number of nitrogens with one attached hydrogen (secondary N) is 1. The van der Waals surface area contributed by atoms with Crippen molar-refractivity contribution in [2.45, 2.75) is 75.4 Å². The number of sulfonamides is 1. The standard InChI is InChI=1S/C33H47N3O9S/c1-33(2,14-6-7-15-34)22-36(46(39,40)29-12-8-11-27-30(29)42-18-17-41-27)20-26(37)25(19-23-9-4-3-5-10-23)35-32(38)45-28-21-44-31-24(28)13-16-43-31/h3-5,8-12,24-26,28,31,37H,6-7,13-22,34H2,1-2H3,(H,35,38)/t24-,25-,26+,28-,31+/m0/s1. The van der Waals surface area contributed by atoms with E-state index < -0.39 is 39.8 Å². The van der Waals surface area contributed by atoms with Crippen LogP contribution >= 0.6 is 0 Å². The molecule has 3 aliphatic heterocycles. The number of hydrogen-bond acceptors (Lipinski definition) is 10. The van der Waals surface area contributed by atoms with Gasteiger partial charge in [-0.1, -0.05) is 56.7 Å². The second kappa shape index (κ2) is 15.3. The number of para-hydroxylation sites is 1. The molecule has 0 bridgehead atoms. The SMILES string of the molecule is CC(C)(CCCCN)CN(C[C@@H](O)[C@H](Cc1ccccc1)NC(=O)O[C@H]1CO[C@H]2OCC[C@H]21)S(=O)(=O)c1cccc2c1OCCO2. The Morgan fingerprint density at radius 3 is 2.65 bits per heavy atom. The molecule has 0 spiro atoms. The minimum Gasteiger partial charge on any atom is -0.486 e. The summed E-state index contributed by atoms with van der Waals surface area (Å²) in [5, 5.41) is 14.6. The minimum atomic E-state index is -4.20. The van der Waals surface area contributed by atoms with Gasteiger partial charge in [-0.2, -0.15) is 4.31 Å². The van der Waals surface area contributed by atoms with Crippen LogP contribution in [0.3, 0.4) is 0 Å². The Hall–Kier alpha value is -2.94. The highest BCUT2D eigenvalue weighted by atomic mass is 32.2. The van der Waals surface area contributed by atoms with Gasteiger partial charge in [-0.25, -0.2) is 13.2 Å². The maximum atomic E-state index is 14.4. The number of nitrogens with zero attached hydrogens (tertiary/aromatic N) is 1. The van der Waals surface area contributed by atoms with Gasteiger partial charge in [0.1, 0.15) is 24.2 Å². The molecule has 12 nitrogen and oxygen atoms in total. The van der Waals surface area contributed by atoms with Crippen LogP contribution in [0, 0.1) is 11.3 Å². The number of benzene rings is 2. The first kappa shape index (κ1) is 34.4. The molecular formula is C33H47N3O9S. The molecule has 0 radical (unpaired) electrons. The molecule has 254 valence electrons. The number of nitrogens with two attached hydrogens (primary N) is 1. The quantitative estimate of drug-likeness (QED) is 0.242. The maximum Gasteiger partial charge on any atom is 0.407 e. The number of hydrogen-bond donors (Lipinski definition) is 3. The summed E-state index contributed by atoms with van der Waals surface area (Å²) in [7, 11) is -4.20. The van der Waals surface area contributed by atoms with Crippen molar-refractivity contribution in [2.75, 3.05) is 46.1 Å². The molecule has 0 saturated carbocycles. The number of carbonyl (C=O) groups excluding carboxylic acids is 1. The molecule has 0 aliphatic carbocycles. The first-order valence-electron chi connectivity index (χ1n) is 16.1. The van der Waals surface area contributed by atoms with Gasteiger partial charge in [0.15, 0.2) is 17.8 Å². The molecule has 3 heterocycles. The fourth-order valence-corrected chi connectivity index (χ4v) is 8.09. The average molecular weight is 662 g/mol. The van der Waals surface area contributed by atoms with Crippen LogP contribution in [0.4, 0.5) is 4.79 Å². The summed E-state index contributed by atoms with van der Waals surface area (Å²) < 4.78 is 58.5. The summed E-state index contributed by atoms with van der Waals surface area (Å²) in [5.41, 5.74) is 6.14. The Kier molecular flexibility index (Phi) is 11.4. The predicted molar refractivity (Wildman–Crippen MR) is 170 cm³/mol. The van der Waals surface area contributed by atoms with E-state index in [0.717, 1.165) is 31.2 Å². The van der Waals surface area contributed by atoms with Crippen LogP contribution in [0.25, 0.3) is 0 Å². The maximum absolute atomic E-state index is 14.4. The number of aliphatic hydroxyl groups excluding tert-OH is 1. The third-order valence-electron chi connectivity index (χ3n) is 8.76. The first-order valence-corrected chi connectivity index (χ1v) is 17.5. The molecule has 2 aromatic rings. The van der Waals surface area contributed by atoms with E-state index in [4.69, 9.17) is 29.4 Å². The number of unbranched alkanes of at least 4 members (excludes halogenated alkanes) is 1. The van der Waals surface area contributed by atoms with E-state index in [1.807, 2.05) is 44.2 Å². The second-order valence-corrected chi connectivity index (χ2v) is 14.9. The van der Waals surface area contributed by atoms with E-state index >= 15 is 0 Å². The third-order valence-corrected chi connectivity index (χ3v) is 10.6. The molecule has 3 aliphatic rings. The Labute approximate surface area is 271 Å². The number of ether oxygens (including phenoxy) is 5. The Balaban J connectivity index is 1.39. The van der Waals surface area contributed by atoms with Gasteiger partial charge in [0.25, 0.3) is 0 Å². The topological polar surface area (TPSA) is 159 Å². The molecule has 2 saturated heterocycles. The fourth-order valence-electron chi connectivity index (χ4n) is 6.30. The van der Waals surface area contributed by atoms with Crippen molar-refractivity contribution in [2.24, 2.45) is 17.1 Å². The van der Waals surface area contributed by atoms with Crippen LogP contribution in [-0.2, 0) is 30.7 Å². The fraction of sp³-hybridized carbons (Fsp3) is 0.606. The second-order valence-electron chi connectivity index (χ2n) is 13.0. The van der Waals surface area contributed by atoms with Crippen LogP contribution in [0.1, 0.15) is 45.1 Å². The number of fused-ring (bicyclic) bond motifs is 2. The predicted octanol–water partition coefficient (Wildman–Crippen LogP) is 3.06. The normalized spacial score (nSPS) is 22.3. The van der Waals surface area contributed by atoms with Crippen molar-refractivity contribution < 1.29 is 42.0 Å². The lowest BCUT2D eigenvalue weighted by molar-refractivity contribution is -0.0907. The van der Waals surface area contributed by atoms with Gasteiger partial charge < -0.3 is 39.8 Å². The lowest BCUT2D eigenvalue weighted by Gasteiger charge is -2.35. The molecule has 2 fully saturated rings. The van der Waals surface area contributed by atoms with Crippen molar-refractivity contribution in [3.63, 3.8) is 0 Å². The lowest BCUT2D eigenvalue weighted by Crippen LogP contribution is -2.52. The molecular weight excluding hydrogens is 614 g/mol. The summed E-state index contributed by atoms with van der Waals surface area (Å²) in [6.07, 6.45) is 0.506. The summed E-state index contributed by atoms with van der Waals surface area (Å²) in [6.45, 7) is 5.69. The molecule has 0 aromatic heterocycles. The van der Waals surface area contributed by atoms with Gasteiger partial charge in [0.2, 0.25) is 10.0 Å². The van der Waals surface area contributed by atoms with Gasteiger partial charge in [-0.3, -0.25) is 0 Å². The van der Waals surface area contributed by atoms with Crippen molar-refractivity contribution in [1.29, 1.82) is 0 Å². The van der Waals surface area contributed by atoms with E-state index in [1.165, 1.54) is 10.4 Å². The van der Waals surface area contributed by atoms with Crippen LogP contribution in [-0.4, -0.2) is 94.5 Å². The number of amides is 1. The van der Waals surface area contributed by atoms with Gasteiger partial charge in [-0.15, -0.1) is 0 Å². The number of aliphatic hydroxyl groups is 1. The summed E-state index contributed by atoms with van der Waals surface area (Å²) in [4.78, 5) is 13.2. The largest absolute Gasteiger partial charge is 0.486 e. The smallest absolute Gasteiger partial charge is 0.407 e. The Morgan fingerprint density at radius 2 is 1.87 bits per heavy atom. The van der Waals surface area contributed by atoms with Crippen molar-refractivity contribution in [1.82, 2.24) is 9.62 Å². The van der Waals surface area contributed by atoms with Crippen LogP contribution in [0.5, 0.6) is 11.5 Å². The zero-order valence-electron chi connectivity index (χ0n) is 26.6.